The topological polar surface area (TPSA) is 33.1 Å². The summed E-state index contributed by atoms with van der Waals surface area (Å²) in [4.78, 5) is 5.04. The molecule has 0 fully saturated rings. The second-order valence-electron chi connectivity index (χ2n) is 3.67. The third kappa shape index (κ3) is 2.43. The zero-order valence-electron chi connectivity index (χ0n) is 8.85. The molecule has 1 aromatic carbocycles. The van der Waals surface area contributed by atoms with Crippen LogP contribution in [0.2, 0.25) is 5.02 Å². The monoisotopic (exact) mass is 253 g/mol. The standard InChI is InChI=1S/C12H12ClNOS/c1-8-3-2-4-10(12(8)13)11(15)5-9-6-14-7-16-9/h2-4,6-7,11,15H,5H2,1H3. The van der Waals surface area contributed by atoms with Crippen molar-refractivity contribution < 1.29 is 5.11 Å². The highest BCUT2D eigenvalue weighted by atomic mass is 35.5. The van der Waals surface area contributed by atoms with Gasteiger partial charge in [0.25, 0.3) is 0 Å². The van der Waals surface area contributed by atoms with E-state index in [-0.39, 0.29) is 0 Å². The van der Waals surface area contributed by atoms with E-state index in [2.05, 4.69) is 4.98 Å². The van der Waals surface area contributed by atoms with Gasteiger partial charge in [-0.25, -0.2) is 0 Å². The van der Waals surface area contributed by atoms with Gasteiger partial charge in [-0.05, 0) is 18.1 Å². The van der Waals surface area contributed by atoms with Crippen molar-refractivity contribution in [3.8, 4) is 0 Å². The normalized spacial score (nSPS) is 12.7. The molecule has 0 aliphatic heterocycles. The molecule has 1 unspecified atom stereocenters. The largest absolute Gasteiger partial charge is 0.388 e. The fraction of sp³-hybridized carbons (Fsp3) is 0.250. The predicted octanol–water partition coefficient (Wildman–Crippen LogP) is 3.38. The van der Waals surface area contributed by atoms with Crippen LogP contribution >= 0.6 is 22.9 Å². The van der Waals surface area contributed by atoms with Crippen LogP contribution in [0.1, 0.15) is 22.1 Å². The summed E-state index contributed by atoms with van der Waals surface area (Å²) in [7, 11) is 0. The third-order valence-electron chi connectivity index (χ3n) is 2.46. The van der Waals surface area contributed by atoms with Crippen LogP contribution in [0.25, 0.3) is 0 Å². The first kappa shape index (κ1) is 11.6. The second kappa shape index (κ2) is 4.95. The minimum atomic E-state index is -0.562. The fourth-order valence-electron chi connectivity index (χ4n) is 1.57. The van der Waals surface area contributed by atoms with Gasteiger partial charge in [-0.2, -0.15) is 0 Å². The summed E-state index contributed by atoms with van der Waals surface area (Å²) >= 11 is 7.70. The quantitative estimate of drug-likeness (QED) is 0.910. The van der Waals surface area contributed by atoms with Gasteiger partial charge in [-0.15, -0.1) is 11.3 Å². The van der Waals surface area contributed by atoms with Crippen LogP contribution in [0.4, 0.5) is 0 Å². The Morgan fingerprint density at radius 1 is 1.50 bits per heavy atom. The van der Waals surface area contributed by atoms with E-state index >= 15 is 0 Å². The number of halogens is 1. The number of aliphatic hydroxyl groups excluding tert-OH is 1. The van der Waals surface area contributed by atoms with Crippen molar-refractivity contribution in [3.63, 3.8) is 0 Å². The summed E-state index contributed by atoms with van der Waals surface area (Å²) in [6.07, 6.45) is 1.78. The van der Waals surface area contributed by atoms with Crippen molar-refractivity contribution in [2.45, 2.75) is 19.4 Å². The maximum atomic E-state index is 10.1. The van der Waals surface area contributed by atoms with Crippen molar-refractivity contribution in [3.05, 3.63) is 50.9 Å². The van der Waals surface area contributed by atoms with Crippen LogP contribution in [0.5, 0.6) is 0 Å². The summed E-state index contributed by atoms with van der Waals surface area (Å²) in [5.74, 6) is 0. The smallest absolute Gasteiger partial charge is 0.0853 e. The van der Waals surface area contributed by atoms with E-state index in [1.807, 2.05) is 25.1 Å². The van der Waals surface area contributed by atoms with Crippen molar-refractivity contribution in [2.24, 2.45) is 0 Å². The number of aromatic nitrogens is 1. The number of aryl methyl sites for hydroxylation is 1. The number of nitrogens with zero attached hydrogens (tertiary/aromatic N) is 1. The molecule has 2 rings (SSSR count). The number of thiazole rings is 1. The Balaban J connectivity index is 2.21. The summed E-state index contributed by atoms with van der Waals surface area (Å²) < 4.78 is 0. The summed E-state index contributed by atoms with van der Waals surface area (Å²) in [5, 5.41) is 10.7. The fourth-order valence-corrected chi connectivity index (χ4v) is 2.46. The van der Waals surface area contributed by atoms with Crippen LogP contribution in [-0.2, 0) is 6.42 Å². The van der Waals surface area contributed by atoms with Gasteiger partial charge < -0.3 is 5.11 Å². The summed E-state index contributed by atoms with van der Waals surface area (Å²) in [6.45, 7) is 1.94. The number of rotatable bonds is 3. The van der Waals surface area contributed by atoms with Gasteiger partial charge >= 0.3 is 0 Å². The van der Waals surface area contributed by atoms with Crippen molar-refractivity contribution in [1.82, 2.24) is 4.98 Å². The van der Waals surface area contributed by atoms with Crippen molar-refractivity contribution in [1.29, 1.82) is 0 Å². The Morgan fingerprint density at radius 2 is 2.31 bits per heavy atom. The lowest BCUT2D eigenvalue weighted by Gasteiger charge is -2.12. The predicted molar refractivity (Wildman–Crippen MR) is 67.0 cm³/mol. The SMILES string of the molecule is Cc1cccc(C(O)Cc2cncs2)c1Cl. The van der Waals surface area contributed by atoms with Crippen LogP contribution in [0.3, 0.4) is 0 Å². The summed E-state index contributed by atoms with van der Waals surface area (Å²) in [5.41, 5.74) is 3.54. The average molecular weight is 254 g/mol. The number of hydrogen-bond donors (Lipinski definition) is 1. The van der Waals surface area contributed by atoms with E-state index < -0.39 is 6.10 Å². The van der Waals surface area contributed by atoms with E-state index in [1.165, 1.54) is 0 Å². The molecule has 16 heavy (non-hydrogen) atoms. The molecule has 0 aliphatic rings. The van der Waals surface area contributed by atoms with Crippen molar-refractivity contribution in [2.75, 3.05) is 0 Å². The molecule has 1 atom stereocenters. The molecule has 0 spiro atoms. The maximum absolute atomic E-state index is 10.1. The molecule has 1 heterocycles. The number of hydrogen-bond acceptors (Lipinski definition) is 3. The molecule has 84 valence electrons. The van der Waals surface area contributed by atoms with Crippen LogP contribution in [0, 0.1) is 6.92 Å². The van der Waals surface area contributed by atoms with Gasteiger partial charge in [0.2, 0.25) is 0 Å². The second-order valence-corrected chi connectivity index (χ2v) is 5.01. The lowest BCUT2D eigenvalue weighted by Crippen LogP contribution is -2.02. The number of benzene rings is 1. The molecule has 2 aromatic rings. The van der Waals surface area contributed by atoms with Crippen LogP contribution in [0.15, 0.2) is 29.9 Å². The Kier molecular flexibility index (Phi) is 3.59. The van der Waals surface area contributed by atoms with Gasteiger partial charge in [0.05, 0.1) is 11.6 Å². The van der Waals surface area contributed by atoms with E-state index in [1.54, 1.807) is 23.0 Å². The zero-order valence-corrected chi connectivity index (χ0v) is 10.4. The van der Waals surface area contributed by atoms with Crippen molar-refractivity contribution >= 4 is 22.9 Å². The van der Waals surface area contributed by atoms with Crippen LogP contribution in [-0.4, -0.2) is 10.1 Å². The van der Waals surface area contributed by atoms with Gasteiger partial charge in [0.1, 0.15) is 0 Å². The van der Waals surface area contributed by atoms with E-state index in [9.17, 15) is 5.11 Å². The molecule has 0 bridgehead atoms. The maximum Gasteiger partial charge on any atom is 0.0853 e. The molecule has 0 aliphatic carbocycles. The lowest BCUT2D eigenvalue weighted by atomic mass is 10.0. The molecule has 1 aromatic heterocycles. The molecule has 1 N–H and O–H groups in total. The molecule has 0 saturated heterocycles. The highest BCUT2D eigenvalue weighted by Gasteiger charge is 2.13. The highest BCUT2D eigenvalue weighted by Crippen LogP contribution is 2.28. The molecule has 4 heteroatoms. The Hall–Kier alpha value is -0.900. The minimum absolute atomic E-state index is 0.562. The Labute approximate surface area is 104 Å². The Bertz CT molecular complexity index is 470. The Morgan fingerprint density at radius 3 is 3.00 bits per heavy atom. The zero-order chi connectivity index (χ0) is 11.5. The molecule has 0 saturated carbocycles. The van der Waals surface area contributed by atoms with Crippen LogP contribution < -0.4 is 0 Å². The first-order chi connectivity index (χ1) is 7.68. The molecular weight excluding hydrogens is 242 g/mol. The van der Waals surface area contributed by atoms with E-state index in [4.69, 9.17) is 11.6 Å². The first-order valence-corrected chi connectivity index (χ1v) is 6.24. The summed E-state index contributed by atoms with van der Waals surface area (Å²) in [6, 6.07) is 5.71. The van der Waals surface area contributed by atoms with Gasteiger partial charge in [0, 0.05) is 22.5 Å². The molecule has 0 radical (unpaired) electrons. The molecule has 0 amide bonds. The average Bonchev–Trinajstić information content (AvgIpc) is 2.74. The number of aliphatic hydroxyl groups is 1. The molecular formula is C12H12ClNOS. The first-order valence-electron chi connectivity index (χ1n) is 4.99. The minimum Gasteiger partial charge on any atom is -0.388 e. The van der Waals surface area contributed by atoms with Gasteiger partial charge in [-0.3, -0.25) is 4.98 Å². The molecule has 2 nitrogen and oxygen atoms in total. The van der Waals surface area contributed by atoms with E-state index in [0.29, 0.717) is 11.4 Å². The lowest BCUT2D eigenvalue weighted by molar-refractivity contribution is 0.179. The highest BCUT2D eigenvalue weighted by molar-refractivity contribution is 7.09. The third-order valence-corrected chi connectivity index (χ3v) is 3.78. The van der Waals surface area contributed by atoms with Gasteiger partial charge in [0.15, 0.2) is 0 Å². The van der Waals surface area contributed by atoms with Gasteiger partial charge in [-0.1, -0.05) is 29.8 Å². The van der Waals surface area contributed by atoms with E-state index in [0.717, 1.165) is 16.0 Å².